The van der Waals surface area contributed by atoms with Crippen LogP contribution in [-0.4, -0.2) is 39.0 Å². The molecule has 1 aromatic carbocycles. The van der Waals surface area contributed by atoms with Crippen LogP contribution >= 0.6 is 7.60 Å². The number of amides is 1. The molecular formula is C12H16NO6P. The predicted octanol–water partition coefficient (Wildman–Crippen LogP) is 0.366. The van der Waals surface area contributed by atoms with Crippen molar-refractivity contribution in [3.05, 3.63) is 35.9 Å². The maximum atomic E-state index is 11.7. The molecule has 1 aromatic rings. The van der Waals surface area contributed by atoms with E-state index in [0.29, 0.717) is 0 Å². The van der Waals surface area contributed by atoms with E-state index in [1.165, 1.54) is 0 Å². The van der Waals surface area contributed by atoms with E-state index in [-0.39, 0.29) is 12.8 Å². The molecule has 0 fully saturated rings. The van der Waals surface area contributed by atoms with Crippen molar-refractivity contribution >= 4 is 19.5 Å². The Morgan fingerprint density at radius 3 is 2.30 bits per heavy atom. The second-order valence-corrected chi connectivity index (χ2v) is 6.07. The predicted molar refractivity (Wildman–Crippen MR) is 71.2 cm³/mol. The van der Waals surface area contributed by atoms with E-state index in [1.807, 2.05) is 0 Å². The summed E-state index contributed by atoms with van der Waals surface area (Å²) >= 11 is 0. The number of rotatable bonds is 7. The lowest BCUT2D eigenvalue weighted by Gasteiger charge is -2.14. The molecule has 1 amide bonds. The van der Waals surface area contributed by atoms with E-state index in [0.717, 1.165) is 5.56 Å². The topological polar surface area (TPSA) is 124 Å². The Morgan fingerprint density at radius 1 is 1.20 bits per heavy atom. The zero-order valence-corrected chi connectivity index (χ0v) is 11.5. The number of carbonyl (C=O) groups is 2. The van der Waals surface area contributed by atoms with Gasteiger partial charge in [-0.15, -0.1) is 0 Å². The van der Waals surface area contributed by atoms with Crippen LogP contribution in [-0.2, 0) is 20.6 Å². The summed E-state index contributed by atoms with van der Waals surface area (Å²) in [5, 5.41) is 11.2. The van der Waals surface area contributed by atoms with Crippen molar-refractivity contribution in [3.8, 4) is 0 Å². The molecule has 0 aliphatic carbocycles. The van der Waals surface area contributed by atoms with Gasteiger partial charge < -0.3 is 20.2 Å². The van der Waals surface area contributed by atoms with Crippen LogP contribution in [0.25, 0.3) is 0 Å². The average molecular weight is 301 g/mol. The van der Waals surface area contributed by atoms with Crippen molar-refractivity contribution in [2.75, 3.05) is 6.16 Å². The molecule has 8 heteroatoms. The van der Waals surface area contributed by atoms with E-state index in [4.69, 9.17) is 14.9 Å². The molecule has 20 heavy (non-hydrogen) atoms. The maximum Gasteiger partial charge on any atom is 0.326 e. The molecule has 0 aliphatic rings. The van der Waals surface area contributed by atoms with Crippen molar-refractivity contribution in [1.82, 2.24) is 5.32 Å². The molecule has 7 nitrogen and oxygen atoms in total. The van der Waals surface area contributed by atoms with Gasteiger partial charge in [-0.05, 0) is 12.0 Å². The lowest BCUT2D eigenvalue weighted by Crippen LogP contribution is -2.42. The number of aliphatic carboxylic acids is 1. The highest BCUT2D eigenvalue weighted by Gasteiger charge is 2.24. The van der Waals surface area contributed by atoms with Crippen LogP contribution < -0.4 is 5.32 Å². The zero-order valence-electron chi connectivity index (χ0n) is 10.6. The Bertz CT molecular complexity index is 512. The first-order chi connectivity index (χ1) is 9.28. The number of carboxylic acid groups (broad SMARTS) is 1. The summed E-state index contributed by atoms with van der Waals surface area (Å²) in [4.78, 5) is 40.1. The molecule has 0 aromatic heterocycles. The minimum absolute atomic E-state index is 0.0144. The third-order valence-corrected chi connectivity index (χ3v) is 3.39. The largest absolute Gasteiger partial charge is 0.480 e. The van der Waals surface area contributed by atoms with Crippen molar-refractivity contribution in [1.29, 1.82) is 0 Å². The number of benzene rings is 1. The molecule has 1 rings (SSSR count). The Balaban J connectivity index is 2.55. The monoisotopic (exact) mass is 301 g/mol. The molecule has 110 valence electrons. The first kappa shape index (κ1) is 16.4. The fourth-order valence-corrected chi connectivity index (χ4v) is 2.18. The summed E-state index contributed by atoms with van der Waals surface area (Å²) in [6, 6.07) is 7.45. The van der Waals surface area contributed by atoms with Gasteiger partial charge in [0.05, 0.1) is 12.6 Å². The first-order valence-corrected chi connectivity index (χ1v) is 7.68. The molecule has 0 heterocycles. The fraction of sp³-hybridized carbons (Fsp3) is 0.333. The molecule has 0 spiro atoms. The molecular weight excluding hydrogens is 285 g/mol. The van der Waals surface area contributed by atoms with Gasteiger partial charge in [0.1, 0.15) is 6.04 Å². The minimum Gasteiger partial charge on any atom is -0.480 e. The summed E-state index contributed by atoms with van der Waals surface area (Å²) in [5.74, 6) is -1.82. The van der Waals surface area contributed by atoms with Crippen LogP contribution in [0.4, 0.5) is 0 Å². The average Bonchev–Trinajstić information content (AvgIpc) is 2.34. The van der Waals surface area contributed by atoms with Gasteiger partial charge in [0.2, 0.25) is 5.91 Å². The van der Waals surface area contributed by atoms with E-state index in [1.54, 1.807) is 30.3 Å². The highest BCUT2D eigenvalue weighted by molar-refractivity contribution is 7.51. The second kappa shape index (κ2) is 7.19. The second-order valence-electron chi connectivity index (χ2n) is 4.30. The molecule has 0 saturated heterocycles. The highest BCUT2D eigenvalue weighted by atomic mass is 31.2. The Labute approximate surface area is 115 Å². The highest BCUT2D eigenvalue weighted by Crippen LogP contribution is 2.35. The Hall–Kier alpha value is -1.69. The van der Waals surface area contributed by atoms with Gasteiger partial charge in [0.15, 0.2) is 0 Å². The van der Waals surface area contributed by atoms with Crippen LogP contribution in [0.2, 0.25) is 0 Å². The summed E-state index contributed by atoms with van der Waals surface area (Å²) in [6.45, 7) is 0. The summed E-state index contributed by atoms with van der Waals surface area (Å²) in [7, 11) is -4.28. The molecule has 0 unspecified atom stereocenters. The van der Waals surface area contributed by atoms with Gasteiger partial charge in [-0.1, -0.05) is 30.3 Å². The van der Waals surface area contributed by atoms with Crippen molar-refractivity contribution in [3.63, 3.8) is 0 Å². The summed E-state index contributed by atoms with van der Waals surface area (Å²) in [6.07, 6.45) is -0.893. The quantitative estimate of drug-likeness (QED) is 0.539. The first-order valence-electron chi connectivity index (χ1n) is 5.88. The van der Waals surface area contributed by atoms with Crippen molar-refractivity contribution in [2.45, 2.75) is 18.9 Å². The SMILES string of the molecule is O=C(Cc1ccccc1)N[C@H](CCP(=O)(O)O)C(=O)O. The summed E-state index contributed by atoms with van der Waals surface area (Å²) in [5.41, 5.74) is 0.726. The van der Waals surface area contributed by atoms with E-state index in [2.05, 4.69) is 5.32 Å². The van der Waals surface area contributed by atoms with E-state index in [9.17, 15) is 14.2 Å². The Kier molecular flexibility index (Phi) is 5.88. The molecule has 0 radical (unpaired) electrons. The van der Waals surface area contributed by atoms with Crippen molar-refractivity contribution in [2.24, 2.45) is 0 Å². The smallest absolute Gasteiger partial charge is 0.326 e. The number of hydrogen-bond donors (Lipinski definition) is 4. The molecule has 0 aliphatic heterocycles. The molecule has 4 N–H and O–H groups in total. The molecule has 0 saturated carbocycles. The number of nitrogens with one attached hydrogen (secondary N) is 1. The molecule has 1 atom stereocenters. The third-order valence-electron chi connectivity index (χ3n) is 2.55. The number of carbonyl (C=O) groups excluding carboxylic acids is 1. The number of carboxylic acids is 1. The van der Waals surface area contributed by atoms with Crippen LogP contribution in [0.1, 0.15) is 12.0 Å². The third kappa shape index (κ3) is 6.47. The zero-order chi connectivity index (χ0) is 15.2. The van der Waals surface area contributed by atoms with Crippen LogP contribution in [0.15, 0.2) is 30.3 Å². The fourth-order valence-electron chi connectivity index (χ4n) is 1.58. The van der Waals surface area contributed by atoms with Gasteiger partial charge in [-0.25, -0.2) is 4.79 Å². The normalized spacial score (nSPS) is 12.7. The maximum absolute atomic E-state index is 11.7. The standard InChI is InChI=1S/C12H16NO6P/c14-11(8-9-4-2-1-3-5-9)13-10(12(15)16)6-7-20(17,18)19/h1-5,10H,6-8H2,(H,13,14)(H,15,16)(H2,17,18,19)/t10-/m1/s1. The van der Waals surface area contributed by atoms with Crippen LogP contribution in [0.5, 0.6) is 0 Å². The van der Waals surface area contributed by atoms with Crippen LogP contribution in [0.3, 0.4) is 0 Å². The van der Waals surface area contributed by atoms with Crippen molar-refractivity contribution < 1.29 is 29.0 Å². The minimum atomic E-state index is -4.28. The van der Waals surface area contributed by atoms with Gasteiger partial charge in [-0.3, -0.25) is 9.36 Å². The van der Waals surface area contributed by atoms with Gasteiger partial charge in [0, 0.05) is 0 Å². The molecule has 0 bridgehead atoms. The van der Waals surface area contributed by atoms with E-state index < -0.39 is 31.7 Å². The van der Waals surface area contributed by atoms with Gasteiger partial charge in [-0.2, -0.15) is 0 Å². The number of hydrogen-bond acceptors (Lipinski definition) is 3. The van der Waals surface area contributed by atoms with E-state index >= 15 is 0 Å². The lowest BCUT2D eigenvalue weighted by molar-refractivity contribution is -0.141. The van der Waals surface area contributed by atoms with Crippen LogP contribution in [0, 0.1) is 0 Å². The van der Waals surface area contributed by atoms with Gasteiger partial charge >= 0.3 is 13.6 Å². The Morgan fingerprint density at radius 2 is 1.80 bits per heavy atom. The summed E-state index contributed by atoms with van der Waals surface area (Å²) < 4.78 is 10.7. The van der Waals surface area contributed by atoms with Gasteiger partial charge in [0.25, 0.3) is 0 Å². The lowest BCUT2D eigenvalue weighted by atomic mass is 10.1.